The van der Waals surface area contributed by atoms with Crippen molar-refractivity contribution in [3.05, 3.63) is 23.8 Å². The minimum Gasteiger partial charge on any atom is -0.493 e. The number of hydrogen-bond donors (Lipinski definition) is 1. The molecule has 1 heterocycles. The molecule has 142 valence electrons. The van der Waals surface area contributed by atoms with E-state index >= 15 is 0 Å². The van der Waals surface area contributed by atoms with Crippen molar-refractivity contribution in [2.24, 2.45) is 5.92 Å². The second-order valence-corrected chi connectivity index (χ2v) is 7.21. The molecule has 7 nitrogen and oxygen atoms in total. The van der Waals surface area contributed by atoms with E-state index in [4.69, 9.17) is 9.47 Å². The van der Waals surface area contributed by atoms with Crippen LogP contribution in [0.5, 0.6) is 11.5 Å². The maximum atomic E-state index is 12.7. The Morgan fingerprint density at radius 1 is 1.31 bits per heavy atom. The van der Waals surface area contributed by atoms with Crippen LogP contribution in [-0.4, -0.2) is 54.7 Å². The molecule has 1 atom stereocenters. The van der Waals surface area contributed by atoms with Crippen molar-refractivity contribution in [2.75, 3.05) is 27.4 Å². The molecule has 1 saturated heterocycles. The first kappa shape index (κ1) is 18.5. The molecular formula is C19H27N3O4. The zero-order valence-electron chi connectivity index (χ0n) is 15.9. The van der Waals surface area contributed by atoms with Gasteiger partial charge in [0.1, 0.15) is 5.54 Å². The number of amides is 3. The van der Waals surface area contributed by atoms with Crippen molar-refractivity contribution in [3.8, 4) is 11.5 Å². The van der Waals surface area contributed by atoms with Gasteiger partial charge < -0.3 is 14.8 Å². The van der Waals surface area contributed by atoms with Crippen LogP contribution < -0.4 is 14.8 Å². The lowest BCUT2D eigenvalue weighted by molar-refractivity contribution is -0.132. The van der Waals surface area contributed by atoms with Crippen LogP contribution in [-0.2, 0) is 11.3 Å². The molecule has 1 aliphatic carbocycles. The average molecular weight is 361 g/mol. The normalized spacial score (nSPS) is 22.7. The van der Waals surface area contributed by atoms with E-state index in [0.29, 0.717) is 24.7 Å². The molecule has 0 bridgehead atoms. The van der Waals surface area contributed by atoms with Gasteiger partial charge in [-0.15, -0.1) is 0 Å². The molecule has 1 aliphatic heterocycles. The SMILES string of the molecule is CCOc1ccc(CN(C)CN2C(=O)NC(C)(C3CC3)C2=O)cc1OC. The van der Waals surface area contributed by atoms with E-state index in [1.54, 1.807) is 7.11 Å². The summed E-state index contributed by atoms with van der Waals surface area (Å²) in [6.45, 7) is 5.17. The third-order valence-electron chi connectivity index (χ3n) is 5.06. The number of nitrogens with one attached hydrogen (secondary N) is 1. The minimum atomic E-state index is -0.736. The molecule has 1 aromatic carbocycles. The van der Waals surface area contributed by atoms with Gasteiger partial charge in [0, 0.05) is 6.54 Å². The van der Waals surface area contributed by atoms with Crippen LogP contribution in [0.25, 0.3) is 0 Å². The number of rotatable bonds is 8. The first-order valence-electron chi connectivity index (χ1n) is 9.01. The summed E-state index contributed by atoms with van der Waals surface area (Å²) < 4.78 is 10.9. The molecular weight excluding hydrogens is 334 g/mol. The Balaban J connectivity index is 1.64. The van der Waals surface area contributed by atoms with Gasteiger partial charge in [0.15, 0.2) is 11.5 Å². The predicted octanol–water partition coefficient (Wildman–Crippen LogP) is 2.20. The topological polar surface area (TPSA) is 71.1 Å². The Morgan fingerprint density at radius 3 is 2.65 bits per heavy atom. The van der Waals surface area contributed by atoms with E-state index in [1.807, 2.05) is 44.0 Å². The molecule has 2 fully saturated rings. The zero-order valence-corrected chi connectivity index (χ0v) is 15.9. The van der Waals surface area contributed by atoms with Gasteiger partial charge in [0.25, 0.3) is 5.91 Å². The number of benzene rings is 1. The quantitative estimate of drug-likeness (QED) is 0.719. The molecule has 1 N–H and O–H groups in total. The number of nitrogens with zero attached hydrogens (tertiary/aromatic N) is 2. The van der Waals surface area contributed by atoms with Gasteiger partial charge in [-0.2, -0.15) is 0 Å². The number of imide groups is 1. The van der Waals surface area contributed by atoms with Gasteiger partial charge >= 0.3 is 6.03 Å². The van der Waals surface area contributed by atoms with Gasteiger partial charge in [-0.3, -0.25) is 9.69 Å². The highest BCUT2D eigenvalue weighted by atomic mass is 16.5. The Bertz CT molecular complexity index is 704. The second-order valence-electron chi connectivity index (χ2n) is 7.21. The Hall–Kier alpha value is -2.28. The standard InChI is InChI=1S/C19H27N3O4/c1-5-26-15-9-6-13(10-16(15)25-4)11-21(3)12-22-17(23)19(2,14-7-8-14)20-18(22)24/h6,9-10,14H,5,7-8,11-12H2,1-4H3,(H,20,24). The molecule has 1 saturated carbocycles. The first-order valence-corrected chi connectivity index (χ1v) is 9.01. The molecule has 1 aromatic rings. The molecule has 1 unspecified atom stereocenters. The molecule has 3 rings (SSSR count). The number of carbonyl (C=O) groups excluding carboxylic acids is 2. The van der Waals surface area contributed by atoms with Crippen LogP contribution in [0.15, 0.2) is 18.2 Å². The fraction of sp³-hybridized carbons (Fsp3) is 0.579. The van der Waals surface area contributed by atoms with E-state index in [9.17, 15) is 9.59 Å². The van der Waals surface area contributed by atoms with Crippen molar-refractivity contribution in [1.29, 1.82) is 0 Å². The summed E-state index contributed by atoms with van der Waals surface area (Å²) in [6, 6.07) is 5.45. The lowest BCUT2D eigenvalue weighted by Gasteiger charge is -2.24. The third-order valence-corrected chi connectivity index (χ3v) is 5.06. The number of carbonyl (C=O) groups is 2. The second kappa shape index (κ2) is 7.15. The summed E-state index contributed by atoms with van der Waals surface area (Å²) in [6.07, 6.45) is 2.00. The van der Waals surface area contributed by atoms with Crippen molar-refractivity contribution >= 4 is 11.9 Å². The molecule has 0 spiro atoms. The van der Waals surface area contributed by atoms with E-state index in [-0.39, 0.29) is 24.5 Å². The van der Waals surface area contributed by atoms with Crippen LogP contribution in [0.3, 0.4) is 0 Å². The molecule has 2 aliphatic rings. The number of ether oxygens (including phenoxy) is 2. The van der Waals surface area contributed by atoms with Crippen LogP contribution in [0, 0.1) is 5.92 Å². The smallest absolute Gasteiger partial charge is 0.326 e. The summed E-state index contributed by atoms with van der Waals surface area (Å²) in [4.78, 5) is 28.2. The Morgan fingerprint density at radius 2 is 2.04 bits per heavy atom. The van der Waals surface area contributed by atoms with Crippen molar-refractivity contribution in [1.82, 2.24) is 15.1 Å². The molecule has 0 radical (unpaired) electrons. The number of urea groups is 1. The van der Waals surface area contributed by atoms with E-state index in [2.05, 4.69) is 5.32 Å². The minimum absolute atomic E-state index is 0.124. The monoisotopic (exact) mass is 361 g/mol. The van der Waals surface area contributed by atoms with Crippen LogP contribution in [0.1, 0.15) is 32.3 Å². The summed E-state index contributed by atoms with van der Waals surface area (Å²) in [5, 5.41) is 2.88. The molecule has 0 aromatic heterocycles. The van der Waals surface area contributed by atoms with Crippen LogP contribution in [0.4, 0.5) is 4.79 Å². The highest BCUT2D eigenvalue weighted by molar-refractivity contribution is 6.07. The lowest BCUT2D eigenvalue weighted by Crippen LogP contribution is -2.46. The number of methoxy groups -OCH3 is 1. The van der Waals surface area contributed by atoms with Crippen molar-refractivity contribution in [3.63, 3.8) is 0 Å². The first-order chi connectivity index (χ1) is 12.4. The van der Waals surface area contributed by atoms with Gasteiger partial charge in [-0.1, -0.05) is 6.07 Å². The molecule has 26 heavy (non-hydrogen) atoms. The molecule has 3 amide bonds. The van der Waals surface area contributed by atoms with Crippen molar-refractivity contribution < 1.29 is 19.1 Å². The van der Waals surface area contributed by atoms with Crippen molar-refractivity contribution in [2.45, 2.75) is 38.8 Å². The van der Waals surface area contributed by atoms with E-state index in [1.165, 1.54) is 4.90 Å². The maximum Gasteiger partial charge on any atom is 0.326 e. The van der Waals surface area contributed by atoms with Gasteiger partial charge in [-0.25, -0.2) is 9.69 Å². The van der Waals surface area contributed by atoms with Gasteiger partial charge in [0.2, 0.25) is 0 Å². The zero-order chi connectivity index (χ0) is 18.9. The summed E-state index contributed by atoms with van der Waals surface area (Å²) >= 11 is 0. The van der Waals surface area contributed by atoms with Crippen LogP contribution in [0.2, 0.25) is 0 Å². The highest BCUT2D eigenvalue weighted by Crippen LogP contribution is 2.42. The van der Waals surface area contributed by atoms with Crippen LogP contribution >= 0.6 is 0 Å². The maximum absolute atomic E-state index is 12.7. The Kier molecular flexibility index (Phi) is 5.09. The van der Waals surface area contributed by atoms with E-state index in [0.717, 1.165) is 18.4 Å². The summed E-state index contributed by atoms with van der Waals surface area (Å²) in [5.41, 5.74) is 0.283. The highest BCUT2D eigenvalue weighted by Gasteiger charge is 2.56. The van der Waals surface area contributed by atoms with Gasteiger partial charge in [0.05, 0.1) is 20.4 Å². The van der Waals surface area contributed by atoms with Gasteiger partial charge in [-0.05, 0) is 57.4 Å². The number of hydrogen-bond acceptors (Lipinski definition) is 5. The fourth-order valence-electron chi connectivity index (χ4n) is 3.47. The summed E-state index contributed by atoms with van der Waals surface area (Å²) in [5.74, 6) is 1.52. The summed E-state index contributed by atoms with van der Waals surface area (Å²) in [7, 11) is 3.49. The average Bonchev–Trinajstić information content (AvgIpc) is 3.43. The largest absolute Gasteiger partial charge is 0.493 e. The fourth-order valence-corrected chi connectivity index (χ4v) is 3.47. The Labute approximate surface area is 154 Å². The molecule has 7 heteroatoms. The predicted molar refractivity (Wildman–Crippen MR) is 97.0 cm³/mol. The third kappa shape index (κ3) is 3.49. The lowest BCUT2D eigenvalue weighted by atomic mass is 9.96. The van der Waals surface area contributed by atoms with E-state index < -0.39 is 5.54 Å².